The van der Waals surface area contributed by atoms with E-state index in [1.54, 1.807) is 80.8 Å². The Hall–Kier alpha value is -3.56. The molecule has 0 fully saturated rings. The fourth-order valence-electron chi connectivity index (χ4n) is 3.87. The lowest BCUT2D eigenvalue weighted by molar-refractivity contribution is -0.140. The van der Waals surface area contributed by atoms with Gasteiger partial charge in [-0.2, -0.15) is 0 Å². The summed E-state index contributed by atoms with van der Waals surface area (Å²) >= 11 is 6.03. The molecule has 0 aliphatic heterocycles. The first-order valence-corrected chi connectivity index (χ1v) is 13.5. The first-order valence-electron chi connectivity index (χ1n) is 11.7. The topological polar surface area (TPSA) is 96.0 Å². The van der Waals surface area contributed by atoms with Crippen LogP contribution in [0.15, 0.2) is 83.8 Å². The summed E-state index contributed by atoms with van der Waals surface area (Å²) < 4.78 is 33.6. The molecular formula is C27H30ClN3O5S. The molecule has 0 aliphatic rings. The van der Waals surface area contributed by atoms with E-state index in [0.717, 1.165) is 9.87 Å². The van der Waals surface area contributed by atoms with E-state index >= 15 is 0 Å². The number of anilines is 1. The molecule has 196 valence electrons. The van der Waals surface area contributed by atoms with Crippen molar-refractivity contribution in [3.63, 3.8) is 0 Å². The van der Waals surface area contributed by atoms with Gasteiger partial charge in [-0.1, -0.05) is 48.9 Å². The second kappa shape index (κ2) is 12.6. The molecule has 37 heavy (non-hydrogen) atoms. The lowest BCUT2D eigenvalue weighted by Gasteiger charge is -2.33. The number of ether oxygens (including phenoxy) is 1. The highest BCUT2D eigenvalue weighted by atomic mass is 35.5. The summed E-state index contributed by atoms with van der Waals surface area (Å²) in [5, 5.41) is 3.03. The number of nitrogens with zero attached hydrogens (tertiary/aromatic N) is 2. The van der Waals surface area contributed by atoms with Gasteiger partial charge in [0, 0.05) is 18.6 Å². The summed E-state index contributed by atoms with van der Waals surface area (Å²) in [6.45, 7) is 1.39. The first-order chi connectivity index (χ1) is 17.7. The SMILES string of the molecule is CC[C@H](C(=O)NC)N(Cc1ccc(OC)cc1)C(=O)CN(c1ccc(Cl)cc1)S(=O)(=O)c1ccccc1. The molecule has 0 bridgehead atoms. The summed E-state index contributed by atoms with van der Waals surface area (Å²) in [6, 6.07) is 20.4. The highest BCUT2D eigenvalue weighted by molar-refractivity contribution is 7.92. The van der Waals surface area contributed by atoms with E-state index in [4.69, 9.17) is 16.3 Å². The number of methoxy groups -OCH3 is 1. The van der Waals surface area contributed by atoms with Crippen LogP contribution in [0, 0.1) is 0 Å². The quantitative estimate of drug-likeness (QED) is 0.393. The number of carbonyl (C=O) groups excluding carboxylic acids is 2. The average molecular weight is 544 g/mol. The van der Waals surface area contributed by atoms with Crippen molar-refractivity contribution in [2.75, 3.05) is 25.0 Å². The smallest absolute Gasteiger partial charge is 0.264 e. The molecule has 8 nitrogen and oxygen atoms in total. The fraction of sp³-hybridized carbons (Fsp3) is 0.259. The van der Waals surface area contributed by atoms with Crippen LogP contribution in [-0.4, -0.2) is 51.9 Å². The summed E-state index contributed by atoms with van der Waals surface area (Å²) in [6.07, 6.45) is 0.341. The third-order valence-electron chi connectivity index (χ3n) is 5.87. The van der Waals surface area contributed by atoms with Gasteiger partial charge in [0.25, 0.3) is 10.0 Å². The number of likely N-dealkylation sites (N-methyl/N-ethyl adjacent to an activating group) is 1. The lowest BCUT2D eigenvalue weighted by atomic mass is 10.1. The molecule has 0 saturated heterocycles. The molecule has 3 rings (SSSR count). The van der Waals surface area contributed by atoms with Crippen LogP contribution in [0.1, 0.15) is 18.9 Å². The minimum atomic E-state index is -4.11. The van der Waals surface area contributed by atoms with Crippen LogP contribution in [0.25, 0.3) is 0 Å². The molecule has 0 heterocycles. The van der Waals surface area contributed by atoms with Gasteiger partial charge < -0.3 is 15.0 Å². The number of nitrogens with one attached hydrogen (secondary N) is 1. The number of halogens is 1. The number of hydrogen-bond acceptors (Lipinski definition) is 5. The summed E-state index contributed by atoms with van der Waals surface area (Å²) in [7, 11) is -1.05. The molecule has 0 aliphatic carbocycles. The van der Waals surface area contributed by atoms with Gasteiger partial charge in [0.15, 0.2) is 0 Å². The Labute approximate surface area is 222 Å². The normalized spacial score (nSPS) is 11.9. The zero-order valence-corrected chi connectivity index (χ0v) is 22.5. The van der Waals surface area contributed by atoms with E-state index in [9.17, 15) is 18.0 Å². The van der Waals surface area contributed by atoms with E-state index in [-0.39, 0.29) is 23.0 Å². The van der Waals surface area contributed by atoms with E-state index < -0.39 is 28.5 Å². The maximum Gasteiger partial charge on any atom is 0.264 e. The molecule has 1 atom stereocenters. The Bertz CT molecular complexity index is 1300. The van der Waals surface area contributed by atoms with Crippen LogP contribution in [0.4, 0.5) is 5.69 Å². The zero-order chi connectivity index (χ0) is 27.0. The summed E-state index contributed by atoms with van der Waals surface area (Å²) in [5.41, 5.74) is 1.04. The monoisotopic (exact) mass is 543 g/mol. The van der Waals surface area contributed by atoms with Crippen LogP contribution in [0.5, 0.6) is 5.75 Å². The van der Waals surface area contributed by atoms with Crippen molar-refractivity contribution in [1.29, 1.82) is 0 Å². The Kier molecular flexibility index (Phi) is 9.54. The van der Waals surface area contributed by atoms with Gasteiger partial charge in [0.1, 0.15) is 18.3 Å². The Morgan fingerprint density at radius 1 is 0.973 bits per heavy atom. The predicted octanol–water partition coefficient (Wildman–Crippen LogP) is 4.10. The molecule has 0 spiro atoms. The molecule has 3 aromatic carbocycles. The maximum absolute atomic E-state index is 13.8. The van der Waals surface area contributed by atoms with Crippen molar-refractivity contribution in [3.05, 3.63) is 89.4 Å². The standard InChI is InChI=1S/C27H30ClN3O5S/c1-4-25(27(33)29-2)30(18-20-10-16-23(36-3)17-11-20)26(32)19-31(22-14-12-21(28)13-15-22)37(34,35)24-8-6-5-7-9-24/h5-17,25H,4,18-19H2,1-3H3,(H,29,33)/t25-/m1/s1. The van der Waals surface area contributed by atoms with E-state index in [1.165, 1.54) is 24.1 Å². The summed E-state index contributed by atoms with van der Waals surface area (Å²) in [4.78, 5) is 28.0. The Balaban J connectivity index is 2.02. The Morgan fingerprint density at radius 2 is 1.59 bits per heavy atom. The van der Waals surface area contributed by atoms with Crippen molar-refractivity contribution in [2.45, 2.75) is 30.8 Å². The van der Waals surface area contributed by atoms with Crippen LogP contribution >= 0.6 is 11.6 Å². The lowest BCUT2D eigenvalue weighted by Crippen LogP contribution is -2.51. The number of carbonyl (C=O) groups is 2. The highest BCUT2D eigenvalue weighted by Crippen LogP contribution is 2.26. The molecular weight excluding hydrogens is 514 g/mol. The third-order valence-corrected chi connectivity index (χ3v) is 7.91. The molecule has 0 aromatic heterocycles. The van der Waals surface area contributed by atoms with Gasteiger partial charge in [0.2, 0.25) is 11.8 Å². The van der Waals surface area contributed by atoms with Gasteiger partial charge in [-0.15, -0.1) is 0 Å². The van der Waals surface area contributed by atoms with E-state index in [2.05, 4.69) is 5.32 Å². The van der Waals surface area contributed by atoms with Gasteiger partial charge in [0.05, 0.1) is 17.7 Å². The number of benzene rings is 3. The Morgan fingerprint density at radius 3 is 2.14 bits per heavy atom. The maximum atomic E-state index is 13.8. The van der Waals surface area contributed by atoms with Crippen molar-refractivity contribution >= 4 is 39.1 Å². The van der Waals surface area contributed by atoms with Crippen molar-refractivity contribution in [2.24, 2.45) is 0 Å². The minimum absolute atomic E-state index is 0.0396. The van der Waals surface area contributed by atoms with Gasteiger partial charge >= 0.3 is 0 Å². The van der Waals surface area contributed by atoms with Gasteiger partial charge in [-0.25, -0.2) is 8.42 Å². The second-order valence-corrected chi connectivity index (χ2v) is 10.5. The van der Waals surface area contributed by atoms with Crippen LogP contribution in [-0.2, 0) is 26.2 Å². The number of rotatable bonds is 11. The van der Waals surface area contributed by atoms with Crippen molar-refractivity contribution in [3.8, 4) is 5.75 Å². The predicted molar refractivity (Wildman–Crippen MR) is 144 cm³/mol. The average Bonchev–Trinajstić information content (AvgIpc) is 2.92. The van der Waals surface area contributed by atoms with E-state index in [1.807, 2.05) is 0 Å². The largest absolute Gasteiger partial charge is 0.497 e. The molecule has 2 amide bonds. The summed E-state index contributed by atoms with van der Waals surface area (Å²) in [5.74, 6) is -0.211. The molecule has 10 heteroatoms. The third kappa shape index (κ3) is 6.81. The van der Waals surface area contributed by atoms with Crippen LogP contribution in [0.2, 0.25) is 5.02 Å². The number of sulfonamides is 1. The molecule has 3 aromatic rings. The molecule has 0 unspecified atom stereocenters. The molecule has 0 radical (unpaired) electrons. The second-order valence-electron chi connectivity index (χ2n) is 8.21. The van der Waals surface area contributed by atoms with E-state index in [0.29, 0.717) is 17.2 Å². The number of amides is 2. The minimum Gasteiger partial charge on any atom is -0.497 e. The number of hydrogen-bond donors (Lipinski definition) is 1. The van der Waals surface area contributed by atoms with Crippen molar-refractivity contribution < 1.29 is 22.7 Å². The van der Waals surface area contributed by atoms with Crippen molar-refractivity contribution in [1.82, 2.24) is 10.2 Å². The fourth-order valence-corrected chi connectivity index (χ4v) is 5.43. The van der Waals surface area contributed by atoms with Crippen LogP contribution < -0.4 is 14.4 Å². The van der Waals surface area contributed by atoms with Gasteiger partial charge in [-0.3, -0.25) is 13.9 Å². The zero-order valence-electron chi connectivity index (χ0n) is 20.9. The van der Waals surface area contributed by atoms with Gasteiger partial charge in [-0.05, 0) is 60.5 Å². The highest BCUT2D eigenvalue weighted by Gasteiger charge is 2.33. The first kappa shape index (κ1) is 28.0. The molecule has 0 saturated carbocycles. The van der Waals surface area contributed by atoms with Crippen LogP contribution in [0.3, 0.4) is 0 Å². The molecule has 1 N–H and O–H groups in total.